The number of fused-ring (bicyclic) bond motifs is 1. The molecule has 1 aliphatic rings. The topological polar surface area (TPSA) is 67.6 Å². The smallest absolute Gasteiger partial charge is 0.262 e. The zero-order valence-electron chi connectivity index (χ0n) is 11.5. The molecule has 1 aliphatic heterocycles. The maximum absolute atomic E-state index is 11.3. The van der Waals surface area contributed by atoms with Gasteiger partial charge in [-0.1, -0.05) is 13.3 Å². The summed E-state index contributed by atoms with van der Waals surface area (Å²) >= 11 is 0. The number of ether oxygens (including phenoxy) is 1. The minimum absolute atomic E-state index is 0.0905. The second-order valence-corrected chi connectivity index (χ2v) is 4.91. The predicted molar refractivity (Wildman–Crippen MR) is 76.7 cm³/mol. The first kappa shape index (κ1) is 13.7. The lowest BCUT2D eigenvalue weighted by Gasteiger charge is -2.26. The van der Waals surface area contributed by atoms with E-state index < -0.39 is 0 Å². The standard InChI is InChI=1S/C14H21N3O2/c1-3-10(7-15)8-17(2)11-4-5-13-12(6-11)16-14(18)9-19-13/h4-6,10H,3,7-9,15H2,1-2H3,(H,16,18). The Morgan fingerprint density at radius 2 is 2.32 bits per heavy atom. The van der Waals surface area contributed by atoms with Crippen LogP contribution in [0.4, 0.5) is 11.4 Å². The molecule has 1 amide bonds. The van der Waals surface area contributed by atoms with E-state index in [2.05, 4.69) is 17.1 Å². The van der Waals surface area contributed by atoms with E-state index in [1.54, 1.807) is 0 Å². The van der Waals surface area contributed by atoms with Gasteiger partial charge in [0.1, 0.15) is 5.75 Å². The maximum atomic E-state index is 11.3. The molecule has 3 N–H and O–H groups in total. The Kier molecular flexibility index (Phi) is 4.27. The molecular weight excluding hydrogens is 242 g/mol. The lowest BCUT2D eigenvalue weighted by atomic mass is 10.1. The summed E-state index contributed by atoms with van der Waals surface area (Å²) in [5, 5.41) is 2.82. The van der Waals surface area contributed by atoms with E-state index in [0.29, 0.717) is 12.5 Å². The van der Waals surface area contributed by atoms with Gasteiger partial charge in [0.15, 0.2) is 6.61 Å². The molecule has 1 aromatic carbocycles. The Balaban J connectivity index is 2.12. The minimum atomic E-state index is -0.110. The van der Waals surface area contributed by atoms with Crippen LogP contribution in [0, 0.1) is 5.92 Å². The first-order valence-corrected chi connectivity index (χ1v) is 6.62. The first-order chi connectivity index (χ1) is 9.13. The molecule has 0 saturated heterocycles. The first-order valence-electron chi connectivity index (χ1n) is 6.62. The van der Waals surface area contributed by atoms with Crippen molar-refractivity contribution in [1.82, 2.24) is 0 Å². The van der Waals surface area contributed by atoms with Crippen LogP contribution in [0.2, 0.25) is 0 Å². The number of hydrogen-bond acceptors (Lipinski definition) is 4. The lowest BCUT2D eigenvalue weighted by molar-refractivity contribution is -0.118. The van der Waals surface area contributed by atoms with Gasteiger partial charge in [0.2, 0.25) is 0 Å². The molecule has 0 spiro atoms. The van der Waals surface area contributed by atoms with Crippen LogP contribution in [0.15, 0.2) is 18.2 Å². The number of carbonyl (C=O) groups excluding carboxylic acids is 1. The number of benzene rings is 1. The second-order valence-electron chi connectivity index (χ2n) is 4.91. The molecule has 0 fully saturated rings. The zero-order valence-corrected chi connectivity index (χ0v) is 11.5. The van der Waals surface area contributed by atoms with Crippen molar-refractivity contribution >= 4 is 17.3 Å². The van der Waals surface area contributed by atoms with Gasteiger partial charge in [-0.2, -0.15) is 0 Å². The molecule has 1 aromatic rings. The highest BCUT2D eigenvalue weighted by Gasteiger charge is 2.17. The predicted octanol–water partition coefficient (Wildman–Crippen LogP) is 1.44. The van der Waals surface area contributed by atoms with Crippen LogP contribution in [0.3, 0.4) is 0 Å². The quantitative estimate of drug-likeness (QED) is 0.843. The van der Waals surface area contributed by atoms with Crippen molar-refractivity contribution in [2.75, 3.05) is 37.0 Å². The monoisotopic (exact) mass is 263 g/mol. The molecule has 1 atom stereocenters. The van der Waals surface area contributed by atoms with E-state index >= 15 is 0 Å². The van der Waals surface area contributed by atoms with Gasteiger partial charge in [-0.3, -0.25) is 4.79 Å². The molecule has 1 unspecified atom stereocenters. The van der Waals surface area contributed by atoms with Gasteiger partial charge < -0.3 is 20.7 Å². The summed E-state index contributed by atoms with van der Waals surface area (Å²) in [6, 6.07) is 5.83. The third kappa shape index (κ3) is 3.17. The van der Waals surface area contributed by atoms with Gasteiger partial charge in [0.25, 0.3) is 5.91 Å². The highest BCUT2D eigenvalue weighted by molar-refractivity contribution is 5.96. The molecule has 5 heteroatoms. The number of carbonyl (C=O) groups is 1. The number of nitrogens with two attached hydrogens (primary N) is 1. The van der Waals surface area contributed by atoms with E-state index in [1.165, 1.54) is 0 Å². The van der Waals surface area contributed by atoms with E-state index in [9.17, 15) is 4.79 Å². The molecule has 104 valence electrons. The Bertz CT molecular complexity index is 458. The molecular formula is C14H21N3O2. The molecule has 0 bridgehead atoms. The SMILES string of the molecule is CCC(CN)CN(C)c1ccc2c(c1)NC(=O)CO2. The number of anilines is 2. The van der Waals surface area contributed by atoms with E-state index in [4.69, 9.17) is 10.5 Å². The summed E-state index contributed by atoms with van der Waals surface area (Å²) < 4.78 is 5.34. The molecule has 0 radical (unpaired) electrons. The highest BCUT2D eigenvalue weighted by Crippen LogP contribution is 2.31. The number of amides is 1. The fourth-order valence-corrected chi connectivity index (χ4v) is 2.17. The minimum Gasteiger partial charge on any atom is -0.482 e. The van der Waals surface area contributed by atoms with Gasteiger partial charge in [0, 0.05) is 19.3 Å². The van der Waals surface area contributed by atoms with Crippen molar-refractivity contribution in [3.63, 3.8) is 0 Å². The third-order valence-electron chi connectivity index (χ3n) is 3.48. The molecule has 0 aromatic heterocycles. The third-order valence-corrected chi connectivity index (χ3v) is 3.48. The Labute approximate surface area is 113 Å². The maximum Gasteiger partial charge on any atom is 0.262 e. The molecule has 1 heterocycles. The summed E-state index contributed by atoms with van der Waals surface area (Å²) in [5.74, 6) is 1.09. The van der Waals surface area contributed by atoms with Crippen LogP contribution < -0.4 is 20.7 Å². The van der Waals surface area contributed by atoms with Crippen LogP contribution in [0.1, 0.15) is 13.3 Å². The second kappa shape index (κ2) is 5.93. The number of hydrogen-bond donors (Lipinski definition) is 2. The molecule has 5 nitrogen and oxygen atoms in total. The Morgan fingerprint density at radius 1 is 1.53 bits per heavy atom. The van der Waals surface area contributed by atoms with Gasteiger partial charge in [-0.05, 0) is 30.7 Å². The van der Waals surface area contributed by atoms with Gasteiger partial charge in [-0.15, -0.1) is 0 Å². The zero-order chi connectivity index (χ0) is 13.8. The molecule has 0 aliphatic carbocycles. The Morgan fingerprint density at radius 3 is 3.00 bits per heavy atom. The molecule has 19 heavy (non-hydrogen) atoms. The average Bonchev–Trinajstić information content (AvgIpc) is 2.43. The summed E-state index contributed by atoms with van der Waals surface area (Å²) in [5.41, 5.74) is 7.52. The summed E-state index contributed by atoms with van der Waals surface area (Å²) in [7, 11) is 2.03. The molecule has 0 saturated carbocycles. The lowest BCUT2D eigenvalue weighted by Crippen LogP contribution is -2.30. The normalized spacial score (nSPS) is 15.2. The van der Waals surface area contributed by atoms with Crippen molar-refractivity contribution < 1.29 is 9.53 Å². The van der Waals surface area contributed by atoms with Crippen molar-refractivity contribution in [3.05, 3.63) is 18.2 Å². The largest absolute Gasteiger partial charge is 0.482 e. The van der Waals surface area contributed by atoms with Crippen LogP contribution >= 0.6 is 0 Å². The number of nitrogens with one attached hydrogen (secondary N) is 1. The highest BCUT2D eigenvalue weighted by atomic mass is 16.5. The summed E-state index contributed by atoms with van der Waals surface area (Å²) in [6.07, 6.45) is 1.06. The van der Waals surface area contributed by atoms with Crippen molar-refractivity contribution in [2.24, 2.45) is 11.7 Å². The van der Waals surface area contributed by atoms with Crippen LogP contribution in [0.5, 0.6) is 5.75 Å². The van der Waals surface area contributed by atoms with Gasteiger partial charge in [0.05, 0.1) is 5.69 Å². The van der Waals surface area contributed by atoms with Crippen molar-refractivity contribution in [1.29, 1.82) is 0 Å². The fraction of sp³-hybridized carbons (Fsp3) is 0.500. The van der Waals surface area contributed by atoms with Crippen LogP contribution in [0.25, 0.3) is 0 Å². The summed E-state index contributed by atoms with van der Waals surface area (Å²) in [4.78, 5) is 13.5. The Hall–Kier alpha value is -1.75. The van der Waals surface area contributed by atoms with E-state index in [-0.39, 0.29) is 12.5 Å². The van der Waals surface area contributed by atoms with Gasteiger partial charge in [-0.25, -0.2) is 0 Å². The number of rotatable bonds is 5. The van der Waals surface area contributed by atoms with Crippen molar-refractivity contribution in [3.8, 4) is 5.75 Å². The number of nitrogens with zero attached hydrogens (tertiary/aromatic N) is 1. The van der Waals surface area contributed by atoms with Crippen LogP contribution in [-0.4, -0.2) is 32.7 Å². The van der Waals surface area contributed by atoms with Crippen molar-refractivity contribution in [2.45, 2.75) is 13.3 Å². The van der Waals surface area contributed by atoms with E-state index in [0.717, 1.165) is 30.1 Å². The molecule has 2 rings (SSSR count). The summed E-state index contributed by atoms with van der Waals surface area (Å²) in [6.45, 7) is 3.83. The fourth-order valence-electron chi connectivity index (χ4n) is 2.17. The van der Waals surface area contributed by atoms with Gasteiger partial charge >= 0.3 is 0 Å². The average molecular weight is 263 g/mol. The van der Waals surface area contributed by atoms with E-state index in [1.807, 2.05) is 25.2 Å². The van der Waals surface area contributed by atoms with Crippen LogP contribution in [-0.2, 0) is 4.79 Å².